The Bertz CT molecular complexity index is 1140. The molecule has 2 N–H and O–H groups in total. The summed E-state index contributed by atoms with van der Waals surface area (Å²) in [7, 11) is 1.77. The van der Waals surface area contributed by atoms with Gasteiger partial charge in [0.2, 0.25) is 5.91 Å². The number of carbonyl (C=O) groups is 2. The van der Waals surface area contributed by atoms with Crippen molar-refractivity contribution in [1.82, 2.24) is 5.32 Å². The Morgan fingerprint density at radius 3 is 2.72 bits per heavy atom. The van der Waals surface area contributed by atoms with Gasteiger partial charge in [-0.3, -0.25) is 9.59 Å². The van der Waals surface area contributed by atoms with E-state index < -0.39 is 5.92 Å². The Morgan fingerprint density at radius 1 is 1.25 bits per heavy atom. The minimum absolute atomic E-state index is 0.0769. The number of hydrogen-bond acceptors (Lipinski definition) is 5. The highest BCUT2D eigenvalue weighted by atomic mass is 16.3. The minimum atomic E-state index is -0.458. The highest BCUT2D eigenvalue weighted by molar-refractivity contribution is 6.01. The molecule has 1 saturated heterocycles. The number of ketones is 1. The molecule has 6 heteroatoms. The number of nitriles is 1. The molecular weight excluding hydrogens is 402 g/mol. The fraction of sp³-hybridized carbons (Fsp3) is 0.423. The van der Waals surface area contributed by atoms with Crippen molar-refractivity contribution in [2.75, 3.05) is 11.9 Å². The van der Waals surface area contributed by atoms with Crippen molar-refractivity contribution in [3.8, 4) is 22.9 Å². The summed E-state index contributed by atoms with van der Waals surface area (Å²) in [5, 5.41) is 23.7. The van der Waals surface area contributed by atoms with E-state index in [0.717, 1.165) is 41.6 Å². The van der Waals surface area contributed by atoms with Crippen LogP contribution in [0.3, 0.4) is 0 Å². The number of nitrogens with zero attached hydrogens (tertiary/aromatic N) is 2. The summed E-state index contributed by atoms with van der Waals surface area (Å²) < 4.78 is 0. The van der Waals surface area contributed by atoms with Gasteiger partial charge in [0.05, 0.1) is 24.4 Å². The van der Waals surface area contributed by atoms with Crippen LogP contribution in [0.4, 0.5) is 5.69 Å². The van der Waals surface area contributed by atoms with Crippen LogP contribution in [0.15, 0.2) is 36.4 Å². The van der Waals surface area contributed by atoms with Gasteiger partial charge >= 0.3 is 0 Å². The number of phenols is 1. The van der Waals surface area contributed by atoms with Gasteiger partial charge in [-0.25, -0.2) is 0 Å². The van der Waals surface area contributed by atoms with E-state index in [1.54, 1.807) is 18.0 Å². The molecule has 6 nitrogen and oxygen atoms in total. The average Bonchev–Trinajstić information content (AvgIpc) is 3.50. The van der Waals surface area contributed by atoms with Crippen LogP contribution in [0, 0.1) is 23.2 Å². The smallest absolute Gasteiger partial charge is 0.231 e. The van der Waals surface area contributed by atoms with Gasteiger partial charge in [0.1, 0.15) is 5.75 Å². The van der Waals surface area contributed by atoms with Crippen LogP contribution in [0.25, 0.3) is 11.1 Å². The zero-order chi connectivity index (χ0) is 22.4. The Balaban J connectivity index is 1.29. The molecule has 3 aliphatic rings. The number of amides is 1. The Hall–Kier alpha value is -3.17. The normalized spacial score (nSPS) is 24.4. The van der Waals surface area contributed by atoms with Crippen molar-refractivity contribution in [3.05, 3.63) is 47.5 Å². The van der Waals surface area contributed by atoms with E-state index in [9.17, 15) is 20.0 Å². The monoisotopic (exact) mass is 429 g/mol. The van der Waals surface area contributed by atoms with Crippen molar-refractivity contribution in [3.63, 3.8) is 0 Å². The molecule has 2 heterocycles. The fourth-order valence-corrected chi connectivity index (χ4v) is 5.55. The van der Waals surface area contributed by atoms with Crippen LogP contribution in [-0.4, -0.2) is 35.9 Å². The van der Waals surface area contributed by atoms with Crippen LogP contribution >= 0.6 is 0 Å². The number of aromatic hydroxyl groups is 1. The molecule has 1 unspecified atom stereocenters. The van der Waals surface area contributed by atoms with Gasteiger partial charge in [-0.1, -0.05) is 24.3 Å². The number of hydrogen-bond donors (Lipinski definition) is 2. The average molecular weight is 430 g/mol. The summed E-state index contributed by atoms with van der Waals surface area (Å²) in [4.78, 5) is 26.4. The molecular formula is C26H27N3O3. The van der Waals surface area contributed by atoms with Crippen molar-refractivity contribution in [2.45, 2.75) is 50.6 Å². The lowest BCUT2D eigenvalue weighted by Gasteiger charge is -2.22. The van der Waals surface area contributed by atoms with E-state index in [4.69, 9.17) is 0 Å². The van der Waals surface area contributed by atoms with Crippen molar-refractivity contribution < 1.29 is 14.7 Å². The first-order chi connectivity index (χ1) is 15.4. The second-order valence-corrected chi connectivity index (χ2v) is 9.43. The van der Waals surface area contributed by atoms with Gasteiger partial charge in [-0.05, 0) is 66.0 Å². The molecule has 164 valence electrons. The predicted octanol–water partition coefficient (Wildman–Crippen LogP) is 3.36. The Morgan fingerprint density at radius 2 is 2.03 bits per heavy atom. The maximum atomic E-state index is 12.8. The summed E-state index contributed by atoms with van der Waals surface area (Å²) in [6, 6.07) is 13.9. The quantitative estimate of drug-likeness (QED) is 0.734. The number of likely N-dealkylation sites (N-methyl/N-ethyl adjacent to an activating group) is 1. The van der Waals surface area contributed by atoms with Crippen LogP contribution in [0.2, 0.25) is 0 Å². The minimum Gasteiger partial charge on any atom is -0.508 e. The summed E-state index contributed by atoms with van der Waals surface area (Å²) in [5.41, 5.74) is 4.34. The number of benzene rings is 2. The summed E-state index contributed by atoms with van der Waals surface area (Å²) in [5.74, 6) is 0.281. The molecule has 2 fully saturated rings. The molecule has 32 heavy (non-hydrogen) atoms. The van der Waals surface area contributed by atoms with Crippen LogP contribution < -0.4 is 10.2 Å². The van der Waals surface area contributed by atoms with E-state index in [0.29, 0.717) is 30.4 Å². The number of phenolic OH excluding ortho intramolecular Hbond substituents is 1. The second-order valence-electron chi connectivity index (χ2n) is 9.43. The van der Waals surface area contributed by atoms with Crippen molar-refractivity contribution in [2.24, 2.45) is 11.8 Å². The molecule has 1 amide bonds. The number of fused-ring (bicyclic) bond motifs is 3. The molecule has 2 aliphatic heterocycles. The standard InChI is InChI=1S/C26H27N3O3/c1-29-22-11-16(2-4-18(22)13-25(29)32)17-3-5-19(23(30)12-17)8-15(14-27)9-24(31)26-20-6-7-21(10-20)28-26/h2-5,11-12,15,20-21,26,28,30H,6-10,13H2,1H3/t15?,20-,21+,26-/m0/s1. The summed E-state index contributed by atoms with van der Waals surface area (Å²) in [6.07, 6.45) is 4.29. The number of Topliss-reactive ketones (excluding diaryl/α,β-unsaturated/α-hetero) is 1. The van der Waals surface area contributed by atoms with E-state index >= 15 is 0 Å². The van der Waals surface area contributed by atoms with E-state index in [1.807, 2.05) is 30.3 Å². The summed E-state index contributed by atoms with van der Waals surface area (Å²) >= 11 is 0. The van der Waals surface area contributed by atoms with E-state index in [-0.39, 0.29) is 29.9 Å². The molecule has 0 spiro atoms. The Kier molecular flexibility index (Phi) is 5.22. The molecule has 2 aromatic rings. The largest absolute Gasteiger partial charge is 0.508 e. The third-order valence-corrected chi connectivity index (χ3v) is 7.38. The third kappa shape index (κ3) is 3.67. The van der Waals surface area contributed by atoms with Crippen molar-refractivity contribution in [1.29, 1.82) is 5.26 Å². The van der Waals surface area contributed by atoms with Gasteiger partial charge in [0.25, 0.3) is 0 Å². The molecule has 2 aromatic carbocycles. The first-order valence-corrected chi connectivity index (χ1v) is 11.3. The fourth-order valence-electron chi connectivity index (χ4n) is 5.55. The molecule has 0 aromatic heterocycles. The molecule has 5 rings (SSSR count). The molecule has 0 radical (unpaired) electrons. The second kappa shape index (κ2) is 8.07. The molecule has 4 atom stereocenters. The maximum Gasteiger partial charge on any atom is 0.231 e. The first-order valence-electron chi connectivity index (χ1n) is 11.3. The first kappa shape index (κ1) is 20.7. The number of anilines is 1. The zero-order valence-electron chi connectivity index (χ0n) is 18.2. The molecule has 2 bridgehead atoms. The lowest BCUT2D eigenvalue weighted by molar-refractivity contribution is -0.122. The highest BCUT2D eigenvalue weighted by Crippen LogP contribution is 2.37. The number of nitrogens with one attached hydrogen (secondary N) is 1. The number of piperidine rings is 1. The lowest BCUT2D eigenvalue weighted by Crippen LogP contribution is -2.42. The highest BCUT2D eigenvalue weighted by Gasteiger charge is 2.42. The number of rotatable bonds is 6. The number of carbonyl (C=O) groups excluding carboxylic acids is 2. The predicted molar refractivity (Wildman–Crippen MR) is 121 cm³/mol. The van der Waals surface area contributed by atoms with Gasteiger partial charge in [0, 0.05) is 25.2 Å². The topological polar surface area (TPSA) is 93.4 Å². The van der Waals surface area contributed by atoms with Gasteiger partial charge in [-0.15, -0.1) is 0 Å². The lowest BCUT2D eigenvalue weighted by atomic mass is 9.88. The summed E-state index contributed by atoms with van der Waals surface area (Å²) in [6.45, 7) is 0. The molecule has 1 aliphatic carbocycles. The van der Waals surface area contributed by atoms with Gasteiger partial charge < -0.3 is 15.3 Å². The van der Waals surface area contributed by atoms with Crippen molar-refractivity contribution >= 4 is 17.4 Å². The molecule has 1 saturated carbocycles. The van der Waals surface area contributed by atoms with Gasteiger partial charge in [0.15, 0.2) is 5.78 Å². The zero-order valence-corrected chi connectivity index (χ0v) is 18.2. The maximum absolute atomic E-state index is 12.8. The van der Waals surface area contributed by atoms with Crippen LogP contribution in [-0.2, 0) is 22.4 Å². The SMILES string of the molecule is CN1C(=O)Cc2ccc(-c3ccc(CC(C#N)CC(=O)[C@H]4N[C@@H]5CC[C@H]4C5)c(O)c3)cc21. The van der Waals surface area contributed by atoms with Crippen LogP contribution in [0.5, 0.6) is 5.75 Å². The third-order valence-electron chi connectivity index (χ3n) is 7.38. The van der Waals surface area contributed by atoms with Gasteiger partial charge in [-0.2, -0.15) is 5.26 Å². The van der Waals surface area contributed by atoms with E-state index in [1.165, 1.54) is 0 Å². The Labute approximate surface area is 187 Å². The van der Waals surface area contributed by atoms with E-state index in [2.05, 4.69) is 11.4 Å². The van der Waals surface area contributed by atoms with Crippen LogP contribution in [0.1, 0.15) is 36.8 Å².